The number of carbonyl (C=O) groups is 2. The van der Waals surface area contributed by atoms with Crippen molar-refractivity contribution < 1.29 is 14.7 Å². The molecule has 0 spiro atoms. The second-order valence-electron chi connectivity index (χ2n) is 4.14. The van der Waals surface area contributed by atoms with Gasteiger partial charge in [-0.2, -0.15) is 0 Å². The van der Waals surface area contributed by atoms with Gasteiger partial charge in [0, 0.05) is 31.9 Å². The summed E-state index contributed by atoms with van der Waals surface area (Å²) in [6.45, 7) is 0.747. The van der Waals surface area contributed by atoms with Gasteiger partial charge in [0.25, 0.3) is 5.91 Å². The molecule has 1 amide bonds. The molecule has 0 saturated carbocycles. The highest BCUT2D eigenvalue weighted by Crippen LogP contribution is 2.08. The molecule has 6 nitrogen and oxygen atoms in total. The van der Waals surface area contributed by atoms with E-state index in [0.717, 1.165) is 25.1 Å². The number of unbranched alkanes of at least 4 members (excludes halogenated alkanes) is 2. The lowest BCUT2D eigenvalue weighted by Crippen LogP contribution is -2.19. The Morgan fingerprint density at radius 3 is 2.79 bits per heavy atom. The van der Waals surface area contributed by atoms with Crippen molar-refractivity contribution in [3.8, 4) is 0 Å². The highest BCUT2D eigenvalue weighted by atomic mass is 16.4. The fourth-order valence-corrected chi connectivity index (χ4v) is 1.60. The van der Waals surface area contributed by atoms with Crippen LogP contribution < -0.4 is 10.6 Å². The molecule has 0 saturated heterocycles. The fraction of sp³-hybridized carbons (Fsp3) is 0.462. The Morgan fingerprint density at radius 2 is 2.11 bits per heavy atom. The van der Waals surface area contributed by atoms with E-state index in [0.29, 0.717) is 12.1 Å². The first kappa shape index (κ1) is 14.9. The molecule has 1 aromatic rings. The van der Waals surface area contributed by atoms with Crippen molar-refractivity contribution in [3.05, 3.63) is 24.0 Å². The van der Waals surface area contributed by atoms with Gasteiger partial charge in [0.15, 0.2) is 0 Å². The van der Waals surface area contributed by atoms with Crippen LogP contribution in [0.4, 0.5) is 5.69 Å². The maximum Gasteiger partial charge on any atom is 0.303 e. The van der Waals surface area contributed by atoms with Gasteiger partial charge < -0.3 is 15.7 Å². The van der Waals surface area contributed by atoms with Crippen LogP contribution in [0.15, 0.2) is 18.3 Å². The maximum absolute atomic E-state index is 11.4. The van der Waals surface area contributed by atoms with E-state index in [2.05, 4.69) is 15.6 Å². The fourth-order valence-electron chi connectivity index (χ4n) is 1.60. The number of hydrogen-bond donors (Lipinski definition) is 3. The molecule has 1 rings (SSSR count). The average molecular weight is 265 g/mol. The number of amides is 1. The Kier molecular flexibility index (Phi) is 6.35. The average Bonchev–Trinajstić information content (AvgIpc) is 2.41. The summed E-state index contributed by atoms with van der Waals surface area (Å²) in [6.07, 6.45) is 4.25. The van der Waals surface area contributed by atoms with Gasteiger partial charge in [-0.1, -0.05) is 6.42 Å². The summed E-state index contributed by atoms with van der Waals surface area (Å²) < 4.78 is 0. The van der Waals surface area contributed by atoms with Gasteiger partial charge in [0.05, 0.1) is 0 Å². The van der Waals surface area contributed by atoms with Gasteiger partial charge in [0.2, 0.25) is 0 Å². The van der Waals surface area contributed by atoms with Crippen molar-refractivity contribution in [2.45, 2.75) is 25.7 Å². The van der Waals surface area contributed by atoms with E-state index >= 15 is 0 Å². The van der Waals surface area contributed by atoms with Gasteiger partial charge in [-0.15, -0.1) is 0 Å². The first-order chi connectivity index (χ1) is 9.13. The normalized spacial score (nSPS) is 9.95. The van der Waals surface area contributed by atoms with Crippen LogP contribution in [0.1, 0.15) is 36.2 Å². The molecule has 19 heavy (non-hydrogen) atoms. The molecule has 0 aliphatic rings. The number of rotatable bonds is 8. The third-order valence-corrected chi connectivity index (χ3v) is 2.62. The predicted molar refractivity (Wildman–Crippen MR) is 72.2 cm³/mol. The molecule has 6 heteroatoms. The molecule has 0 atom stereocenters. The number of carboxylic acid groups (broad SMARTS) is 1. The first-order valence-corrected chi connectivity index (χ1v) is 6.27. The molecular weight excluding hydrogens is 246 g/mol. The number of hydrogen-bond acceptors (Lipinski definition) is 4. The lowest BCUT2D eigenvalue weighted by Gasteiger charge is -2.07. The molecular formula is C13H19N3O3. The number of carboxylic acids is 1. The zero-order valence-corrected chi connectivity index (χ0v) is 11.0. The van der Waals surface area contributed by atoms with Crippen LogP contribution in [0.5, 0.6) is 0 Å². The molecule has 3 N–H and O–H groups in total. The molecule has 0 unspecified atom stereocenters. The zero-order valence-electron chi connectivity index (χ0n) is 11.0. The maximum atomic E-state index is 11.4. The summed E-state index contributed by atoms with van der Waals surface area (Å²) in [5.41, 5.74) is 1.21. The second kappa shape index (κ2) is 8.07. The minimum absolute atomic E-state index is 0.217. The number of pyridine rings is 1. The topological polar surface area (TPSA) is 91.3 Å². The highest BCUT2D eigenvalue weighted by Gasteiger charge is 2.04. The summed E-state index contributed by atoms with van der Waals surface area (Å²) >= 11 is 0. The molecule has 1 aromatic heterocycles. The van der Waals surface area contributed by atoms with E-state index in [1.54, 1.807) is 25.4 Å². The second-order valence-corrected chi connectivity index (χ2v) is 4.14. The highest BCUT2D eigenvalue weighted by molar-refractivity contribution is 5.92. The Hall–Kier alpha value is -2.11. The Morgan fingerprint density at radius 1 is 1.32 bits per heavy atom. The van der Waals surface area contributed by atoms with Crippen LogP contribution in [0.25, 0.3) is 0 Å². The van der Waals surface area contributed by atoms with Gasteiger partial charge in [-0.25, -0.2) is 0 Å². The van der Waals surface area contributed by atoms with Crippen LogP contribution in [0.2, 0.25) is 0 Å². The molecule has 0 aliphatic carbocycles. The summed E-state index contributed by atoms with van der Waals surface area (Å²) in [6, 6.07) is 3.49. The minimum Gasteiger partial charge on any atom is -0.481 e. The van der Waals surface area contributed by atoms with E-state index in [-0.39, 0.29) is 12.3 Å². The van der Waals surface area contributed by atoms with Crippen LogP contribution in [0.3, 0.4) is 0 Å². The molecule has 0 bridgehead atoms. The Balaban J connectivity index is 2.29. The van der Waals surface area contributed by atoms with E-state index < -0.39 is 5.97 Å². The Labute approximate surface area is 112 Å². The molecule has 0 radical (unpaired) electrons. The van der Waals surface area contributed by atoms with E-state index in [9.17, 15) is 9.59 Å². The van der Waals surface area contributed by atoms with Crippen molar-refractivity contribution in [3.63, 3.8) is 0 Å². The van der Waals surface area contributed by atoms with Gasteiger partial charge in [0.1, 0.15) is 5.69 Å². The van der Waals surface area contributed by atoms with Crippen molar-refractivity contribution in [2.75, 3.05) is 18.9 Å². The molecule has 0 aromatic carbocycles. The van der Waals surface area contributed by atoms with E-state index in [1.807, 2.05) is 0 Å². The SMILES string of the molecule is CNC(=O)c1cc(NCCCCCC(=O)O)ccn1. The standard InChI is InChI=1S/C13H19N3O3/c1-14-13(19)11-9-10(6-8-16-11)15-7-4-2-3-5-12(17)18/h6,8-9H,2-5,7H2,1H3,(H,14,19)(H,15,16)(H,17,18). The quantitative estimate of drug-likeness (QED) is 0.619. The number of nitrogens with zero attached hydrogens (tertiary/aromatic N) is 1. The number of carbonyl (C=O) groups excluding carboxylic acids is 1. The third-order valence-electron chi connectivity index (χ3n) is 2.62. The lowest BCUT2D eigenvalue weighted by molar-refractivity contribution is -0.137. The smallest absolute Gasteiger partial charge is 0.303 e. The largest absolute Gasteiger partial charge is 0.481 e. The third kappa shape index (κ3) is 5.85. The van der Waals surface area contributed by atoms with Crippen LogP contribution in [-0.2, 0) is 4.79 Å². The monoisotopic (exact) mass is 265 g/mol. The van der Waals surface area contributed by atoms with Crippen molar-refractivity contribution >= 4 is 17.6 Å². The van der Waals surface area contributed by atoms with Gasteiger partial charge in [-0.05, 0) is 25.0 Å². The summed E-state index contributed by atoms with van der Waals surface area (Å²) in [5.74, 6) is -0.970. The molecule has 0 aliphatic heterocycles. The van der Waals surface area contributed by atoms with E-state index in [4.69, 9.17) is 5.11 Å². The van der Waals surface area contributed by atoms with Gasteiger partial charge >= 0.3 is 5.97 Å². The lowest BCUT2D eigenvalue weighted by atomic mass is 10.2. The molecule has 104 valence electrons. The number of anilines is 1. The minimum atomic E-state index is -0.752. The molecule has 0 fully saturated rings. The summed E-state index contributed by atoms with van der Waals surface area (Å²) in [7, 11) is 1.56. The molecule has 1 heterocycles. The van der Waals surface area contributed by atoms with Crippen molar-refractivity contribution in [2.24, 2.45) is 0 Å². The predicted octanol–water partition coefficient (Wildman–Crippen LogP) is 1.50. The van der Waals surface area contributed by atoms with Crippen molar-refractivity contribution in [1.29, 1.82) is 0 Å². The van der Waals surface area contributed by atoms with Crippen LogP contribution in [-0.4, -0.2) is 35.6 Å². The van der Waals surface area contributed by atoms with Crippen LogP contribution in [0, 0.1) is 0 Å². The summed E-state index contributed by atoms with van der Waals surface area (Å²) in [4.78, 5) is 25.7. The number of nitrogens with one attached hydrogen (secondary N) is 2. The van der Waals surface area contributed by atoms with Crippen molar-refractivity contribution in [1.82, 2.24) is 10.3 Å². The number of aromatic nitrogens is 1. The zero-order chi connectivity index (χ0) is 14.1. The summed E-state index contributed by atoms with van der Waals surface area (Å²) in [5, 5.41) is 14.2. The van der Waals surface area contributed by atoms with E-state index in [1.165, 1.54) is 0 Å². The number of aliphatic carboxylic acids is 1. The Bertz CT molecular complexity index is 435. The van der Waals surface area contributed by atoms with Gasteiger partial charge in [-0.3, -0.25) is 14.6 Å². The first-order valence-electron chi connectivity index (χ1n) is 6.27. The van der Waals surface area contributed by atoms with Crippen LogP contribution >= 0.6 is 0 Å².